The molecular weight excluding hydrogens is 434 g/mol. The lowest BCUT2D eigenvalue weighted by molar-refractivity contribution is 0.0469. The first-order valence-electron chi connectivity index (χ1n) is 9.87. The lowest BCUT2D eigenvalue weighted by Gasteiger charge is -2.14. The van der Waals surface area contributed by atoms with Crippen LogP contribution in [-0.4, -0.2) is 40.0 Å². The van der Waals surface area contributed by atoms with Crippen LogP contribution in [0.3, 0.4) is 0 Å². The molecular formula is C23H23NO9. The van der Waals surface area contributed by atoms with E-state index in [0.29, 0.717) is 28.1 Å². The Morgan fingerprint density at radius 3 is 2.27 bits per heavy atom. The van der Waals surface area contributed by atoms with Gasteiger partial charge in [0.2, 0.25) is 0 Å². The van der Waals surface area contributed by atoms with Gasteiger partial charge in [-0.3, -0.25) is 5.32 Å². The van der Waals surface area contributed by atoms with Gasteiger partial charge in [-0.1, -0.05) is 0 Å². The first kappa shape index (κ1) is 23.5. The molecule has 1 amide bonds. The van der Waals surface area contributed by atoms with Gasteiger partial charge in [0, 0.05) is 40.9 Å². The van der Waals surface area contributed by atoms with Crippen LogP contribution in [0.15, 0.2) is 45.6 Å². The molecule has 0 aliphatic heterocycles. The maximum Gasteiger partial charge on any atom is 0.411 e. The monoisotopic (exact) mass is 457 g/mol. The Hall–Kier alpha value is -4.21. The molecule has 0 radical (unpaired) electrons. The summed E-state index contributed by atoms with van der Waals surface area (Å²) in [7, 11) is 4.32. The molecule has 0 aliphatic carbocycles. The van der Waals surface area contributed by atoms with Crippen LogP contribution in [0, 0.1) is 0 Å². The molecule has 1 heterocycles. The summed E-state index contributed by atoms with van der Waals surface area (Å²) in [5.41, 5.74) is 0.519. The van der Waals surface area contributed by atoms with E-state index in [0.717, 1.165) is 0 Å². The summed E-state index contributed by atoms with van der Waals surface area (Å²) in [5, 5.41) is 3.07. The Morgan fingerprint density at radius 2 is 1.61 bits per heavy atom. The minimum atomic E-state index is -0.685. The molecule has 1 N–H and O–H groups in total. The van der Waals surface area contributed by atoms with Crippen molar-refractivity contribution in [3.05, 3.63) is 57.9 Å². The average molecular weight is 457 g/mol. The van der Waals surface area contributed by atoms with E-state index in [1.807, 2.05) is 0 Å². The number of methoxy groups -OCH3 is 3. The van der Waals surface area contributed by atoms with Crippen LogP contribution in [-0.2, 0) is 16.1 Å². The first-order valence-corrected chi connectivity index (χ1v) is 9.87. The number of carbonyl (C=O) groups excluding carboxylic acids is 2. The number of fused-ring (bicyclic) bond motifs is 1. The molecule has 33 heavy (non-hydrogen) atoms. The van der Waals surface area contributed by atoms with Gasteiger partial charge in [-0.15, -0.1) is 0 Å². The Labute approximate surface area is 188 Å². The number of ether oxygens (including phenoxy) is 5. The van der Waals surface area contributed by atoms with E-state index < -0.39 is 17.7 Å². The van der Waals surface area contributed by atoms with Crippen LogP contribution in [0.1, 0.15) is 22.8 Å². The summed E-state index contributed by atoms with van der Waals surface area (Å²) in [4.78, 5) is 36.4. The van der Waals surface area contributed by atoms with Crippen molar-refractivity contribution >= 4 is 28.7 Å². The lowest BCUT2D eigenvalue weighted by atomic mass is 10.1. The van der Waals surface area contributed by atoms with E-state index in [1.165, 1.54) is 45.6 Å². The standard InChI is InChI=1S/C23H23NO9/c1-5-31-23(27)24-14-6-7-15-13(8-21(25)33-18(15)9-14)12-32-22(26)16-10-19(29-3)20(30-4)11-17(16)28-2/h6-11H,5,12H2,1-4H3,(H,24,27). The predicted molar refractivity (Wildman–Crippen MR) is 118 cm³/mol. The maximum absolute atomic E-state index is 12.8. The predicted octanol–water partition coefficient (Wildman–Crippen LogP) is 3.74. The van der Waals surface area contributed by atoms with Crippen LogP contribution in [0.4, 0.5) is 10.5 Å². The summed E-state index contributed by atoms with van der Waals surface area (Å²) in [6.07, 6.45) is -0.631. The van der Waals surface area contributed by atoms with Crippen LogP contribution in [0.2, 0.25) is 0 Å². The molecule has 0 saturated heterocycles. The summed E-state index contributed by atoms with van der Waals surface area (Å²) in [6, 6.07) is 8.93. The van der Waals surface area contributed by atoms with E-state index >= 15 is 0 Å². The molecule has 174 valence electrons. The van der Waals surface area contributed by atoms with E-state index in [9.17, 15) is 14.4 Å². The number of benzene rings is 2. The Balaban J connectivity index is 1.86. The van der Waals surface area contributed by atoms with Gasteiger partial charge in [-0.05, 0) is 19.1 Å². The zero-order chi connectivity index (χ0) is 24.0. The van der Waals surface area contributed by atoms with Gasteiger partial charge in [0.25, 0.3) is 0 Å². The number of hydrogen-bond donors (Lipinski definition) is 1. The van der Waals surface area contributed by atoms with Gasteiger partial charge in [0.15, 0.2) is 11.5 Å². The van der Waals surface area contributed by atoms with Gasteiger partial charge in [-0.2, -0.15) is 0 Å². The first-order chi connectivity index (χ1) is 15.9. The Morgan fingerprint density at radius 1 is 0.909 bits per heavy atom. The fourth-order valence-electron chi connectivity index (χ4n) is 3.12. The van der Waals surface area contributed by atoms with Crippen molar-refractivity contribution in [3.63, 3.8) is 0 Å². The van der Waals surface area contributed by atoms with Gasteiger partial charge < -0.3 is 28.1 Å². The number of amides is 1. The zero-order valence-electron chi connectivity index (χ0n) is 18.6. The van der Waals surface area contributed by atoms with Crippen molar-refractivity contribution in [1.29, 1.82) is 0 Å². The molecule has 0 aliphatic rings. The van der Waals surface area contributed by atoms with Crippen LogP contribution < -0.4 is 25.2 Å². The molecule has 3 aromatic rings. The highest BCUT2D eigenvalue weighted by Crippen LogP contribution is 2.35. The molecule has 0 bridgehead atoms. The van der Waals surface area contributed by atoms with E-state index in [1.54, 1.807) is 19.1 Å². The fraction of sp³-hybridized carbons (Fsp3) is 0.261. The number of anilines is 1. The average Bonchev–Trinajstić information content (AvgIpc) is 2.81. The normalized spacial score (nSPS) is 10.4. The highest BCUT2D eigenvalue weighted by Gasteiger charge is 2.20. The largest absolute Gasteiger partial charge is 0.496 e. The van der Waals surface area contributed by atoms with E-state index in [-0.39, 0.29) is 30.1 Å². The molecule has 10 heteroatoms. The topological polar surface area (TPSA) is 123 Å². The third-order valence-corrected chi connectivity index (χ3v) is 4.64. The SMILES string of the molecule is CCOC(=O)Nc1ccc2c(COC(=O)c3cc(OC)c(OC)cc3OC)cc(=O)oc2c1. The molecule has 0 fully saturated rings. The summed E-state index contributed by atoms with van der Waals surface area (Å²) in [6.45, 7) is 1.70. The molecule has 0 spiro atoms. The van der Waals surface area contributed by atoms with E-state index in [2.05, 4.69) is 5.32 Å². The molecule has 0 unspecified atom stereocenters. The summed E-state index contributed by atoms with van der Waals surface area (Å²) in [5.74, 6) is 0.280. The Kier molecular flexibility index (Phi) is 7.39. The van der Waals surface area contributed by atoms with Gasteiger partial charge >= 0.3 is 17.7 Å². The Bertz CT molecular complexity index is 1230. The molecule has 2 aromatic carbocycles. The summed E-state index contributed by atoms with van der Waals surface area (Å²) >= 11 is 0. The number of hydrogen-bond acceptors (Lipinski definition) is 9. The second kappa shape index (κ2) is 10.4. The van der Waals surface area contributed by atoms with Crippen molar-refractivity contribution in [3.8, 4) is 17.2 Å². The van der Waals surface area contributed by atoms with Crippen molar-refractivity contribution in [2.75, 3.05) is 33.3 Å². The minimum absolute atomic E-state index is 0.128. The quantitative estimate of drug-likeness (QED) is 0.398. The lowest BCUT2D eigenvalue weighted by Crippen LogP contribution is -2.13. The molecule has 10 nitrogen and oxygen atoms in total. The summed E-state index contributed by atoms with van der Waals surface area (Å²) < 4.78 is 31.2. The van der Waals surface area contributed by atoms with Crippen LogP contribution in [0.25, 0.3) is 11.0 Å². The van der Waals surface area contributed by atoms with Gasteiger partial charge in [0.1, 0.15) is 23.5 Å². The second-order valence-corrected chi connectivity index (χ2v) is 6.63. The van der Waals surface area contributed by atoms with Crippen molar-refractivity contribution in [2.24, 2.45) is 0 Å². The molecule has 1 aromatic heterocycles. The van der Waals surface area contributed by atoms with Crippen molar-refractivity contribution < 1.29 is 37.7 Å². The van der Waals surface area contributed by atoms with Gasteiger partial charge in [-0.25, -0.2) is 14.4 Å². The number of esters is 1. The zero-order valence-corrected chi connectivity index (χ0v) is 18.6. The van der Waals surface area contributed by atoms with Crippen molar-refractivity contribution in [2.45, 2.75) is 13.5 Å². The smallest absolute Gasteiger partial charge is 0.411 e. The van der Waals surface area contributed by atoms with E-state index in [4.69, 9.17) is 28.1 Å². The molecule has 0 saturated carbocycles. The number of carbonyl (C=O) groups is 2. The maximum atomic E-state index is 12.8. The third-order valence-electron chi connectivity index (χ3n) is 4.64. The van der Waals surface area contributed by atoms with Gasteiger partial charge in [0.05, 0.1) is 27.9 Å². The molecule has 3 rings (SSSR count). The minimum Gasteiger partial charge on any atom is -0.496 e. The highest BCUT2D eigenvalue weighted by molar-refractivity contribution is 5.94. The van der Waals surface area contributed by atoms with Crippen LogP contribution >= 0.6 is 0 Å². The fourth-order valence-corrected chi connectivity index (χ4v) is 3.12. The molecule has 0 atom stereocenters. The highest BCUT2D eigenvalue weighted by atomic mass is 16.5. The number of rotatable bonds is 8. The van der Waals surface area contributed by atoms with Crippen LogP contribution in [0.5, 0.6) is 17.2 Å². The second-order valence-electron chi connectivity index (χ2n) is 6.63. The third kappa shape index (κ3) is 5.35. The van der Waals surface area contributed by atoms with Crippen molar-refractivity contribution in [1.82, 2.24) is 0 Å². The number of nitrogens with one attached hydrogen (secondary N) is 1.